The van der Waals surface area contributed by atoms with Crippen LogP contribution in [0.4, 0.5) is 11.5 Å². The molecular weight excluding hydrogens is 330 g/mol. The van der Waals surface area contributed by atoms with Crippen LogP contribution in [0.3, 0.4) is 0 Å². The summed E-state index contributed by atoms with van der Waals surface area (Å²) in [5, 5.41) is 19.7. The van der Waals surface area contributed by atoms with Crippen molar-refractivity contribution in [2.75, 3.05) is 18.0 Å². The number of rotatable bonds is 4. The van der Waals surface area contributed by atoms with Gasteiger partial charge in [-0.3, -0.25) is 14.9 Å². The van der Waals surface area contributed by atoms with E-state index in [0.29, 0.717) is 28.9 Å². The minimum atomic E-state index is -0.802. The fourth-order valence-electron chi connectivity index (χ4n) is 2.40. The van der Waals surface area contributed by atoms with Crippen LogP contribution in [-0.4, -0.2) is 34.1 Å². The van der Waals surface area contributed by atoms with Gasteiger partial charge in [-0.15, -0.1) is 0 Å². The summed E-state index contributed by atoms with van der Waals surface area (Å²) in [5.41, 5.74) is 0.503. The first-order valence-electron chi connectivity index (χ1n) is 6.16. The number of nitro groups is 1. The summed E-state index contributed by atoms with van der Waals surface area (Å²) in [6, 6.07) is 0. The van der Waals surface area contributed by atoms with Crippen LogP contribution in [0.5, 0.6) is 0 Å². The first-order chi connectivity index (χ1) is 9.40. The molecule has 0 bridgehead atoms. The van der Waals surface area contributed by atoms with Crippen LogP contribution < -0.4 is 4.90 Å². The first-order valence-corrected chi connectivity index (χ1v) is 6.95. The molecule has 108 valence electrons. The topological polar surface area (TPSA) is 96.6 Å². The Hall–Kier alpha value is -1.70. The molecule has 0 spiro atoms. The van der Waals surface area contributed by atoms with E-state index in [1.807, 2.05) is 4.90 Å². The van der Waals surface area contributed by atoms with Gasteiger partial charge in [0.15, 0.2) is 0 Å². The average molecular weight is 344 g/mol. The van der Waals surface area contributed by atoms with Gasteiger partial charge in [-0.1, -0.05) is 0 Å². The van der Waals surface area contributed by atoms with Crippen molar-refractivity contribution in [1.82, 2.24) is 4.98 Å². The number of nitrogens with zero attached hydrogens (tertiary/aromatic N) is 3. The van der Waals surface area contributed by atoms with Crippen molar-refractivity contribution < 1.29 is 14.8 Å². The van der Waals surface area contributed by atoms with Gasteiger partial charge in [0, 0.05) is 25.1 Å². The Bertz CT molecular complexity index is 564. The van der Waals surface area contributed by atoms with Crippen molar-refractivity contribution in [3.63, 3.8) is 0 Å². The molecule has 1 unspecified atom stereocenters. The second-order valence-corrected chi connectivity index (χ2v) is 5.65. The van der Waals surface area contributed by atoms with Crippen LogP contribution in [0.2, 0.25) is 0 Å². The smallest absolute Gasteiger partial charge is 0.303 e. The summed E-state index contributed by atoms with van der Waals surface area (Å²) in [4.78, 5) is 27.2. The zero-order chi connectivity index (χ0) is 14.9. The lowest BCUT2D eigenvalue weighted by atomic mass is 10.1. The van der Waals surface area contributed by atoms with E-state index in [0.717, 1.165) is 6.42 Å². The van der Waals surface area contributed by atoms with Gasteiger partial charge < -0.3 is 10.0 Å². The standard InChI is InChI=1S/C12H14BrN3O4/c1-7-9(16(19)20)5-14-12(11(7)13)15-3-2-8(6-15)4-10(17)18/h5,8H,2-4,6H2,1H3,(H,17,18). The summed E-state index contributed by atoms with van der Waals surface area (Å²) in [6.45, 7) is 2.98. The molecule has 1 atom stereocenters. The predicted molar refractivity (Wildman–Crippen MR) is 75.9 cm³/mol. The number of carbonyl (C=O) groups is 1. The minimum Gasteiger partial charge on any atom is -0.481 e. The quantitative estimate of drug-likeness (QED) is 0.665. The zero-order valence-electron chi connectivity index (χ0n) is 10.9. The van der Waals surface area contributed by atoms with Crippen molar-refractivity contribution in [2.24, 2.45) is 5.92 Å². The maximum atomic E-state index is 10.8. The van der Waals surface area contributed by atoms with Gasteiger partial charge in [-0.2, -0.15) is 0 Å². The maximum Gasteiger partial charge on any atom is 0.303 e. The molecule has 20 heavy (non-hydrogen) atoms. The fraction of sp³-hybridized carbons (Fsp3) is 0.500. The highest BCUT2D eigenvalue weighted by atomic mass is 79.9. The molecule has 1 saturated heterocycles. The SMILES string of the molecule is Cc1c([N+](=O)[O-])cnc(N2CCC(CC(=O)O)C2)c1Br. The van der Waals surface area contributed by atoms with Crippen LogP contribution >= 0.6 is 15.9 Å². The molecule has 8 heteroatoms. The van der Waals surface area contributed by atoms with E-state index in [4.69, 9.17) is 5.11 Å². The largest absolute Gasteiger partial charge is 0.481 e. The lowest BCUT2D eigenvalue weighted by Gasteiger charge is -2.19. The van der Waals surface area contributed by atoms with Gasteiger partial charge in [0.1, 0.15) is 12.0 Å². The second-order valence-electron chi connectivity index (χ2n) is 4.86. The van der Waals surface area contributed by atoms with Crippen molar-refractivity contribution in [1.29, 1.82) is 0 Å². The maximum absolute atomic E-state index is 10.8. The highest BCUT2D eigenvalue weighted by Gasteiger charge is 2.28. The fourth-order valence-corrected chi connectivity index (χ4v) is 2.96. The molecule has 2 heterocycles. The molecule has 0 amide bonds. The van der Waals surface area contributed by atoms with Crippen LogP contribution in [-0.2, 0) is 4.79 Å². The molecular formula is C12H14BrN3O4. The number of aromatic nitrogens is 1. The second kappa shape index (κ2) is 5.74. The molecule has 2 rings (SSSR count). The van der Waals surface area contributed by atoms with Crippen LogP contribution in [0.1, 0.15) is 18.4 Å². The van der Waals surface area contributed by atoms with Crippen molar-refractivity contribution >= 4 is 33.4 Å². The van der Waals surface area contributed by atoms with Crippen molar-refractivity contribution in [3.8, 4) is 0 Å². The molecule has 1 N–H and O–H groups in total. The van der Waals surface area contributed by atoms with Gasteiger partial charge in [0.05, 0.1) is 9.40 Å². The third-order valence-electron chi connectivity index (χ3n) is 3.46. The highest BCUT2D eigenvalue weighted by molar-refractivity contribution is 9.10. The summed E-state index contributed by atoms with van der Waals surface area (Å²) < 4.78 is 0.600. The number of pyridine rings is 1. The Kier molecular flexibility index (Phi) is 4.22. The van der Waals surface area contributed by atoms with Gasteiger partial charge >= 0.3 is 5.97 Å². The van der Waals surface area contributed by atoms with Crippen LogP contribution in [0.15, 0.2) is 10.7 Å². The van der Waals surface area contributed by atoms with Gasteiger partial charge in [0.25, 0.3) is 5.69 Å². The summed E-state index contributed by atoms with van der Waals surface area (Å²) >= 11 is 3.36. The Morgan fingerprint density at radius 1 is 1.70 bits per heavy atom. The molecule has 0 aromatic carbocycles. The van der Waals surface area contributed by atoms with E-state index >= 15 is 0 Å². The normalized spacial score (nSPS) is 18.3. The molecule has 1 aliphatic rings. The average Bonchev–Trinajstić information content (AvgIpc) is 2.79. The minimum absolute atomic E-state index is 0.0260. The molecule has 1 aliphatic heterocycles. The summed E-state index contributed by atoms with van der Waals surface area (Å²) in [7, 11) is 0. The van der Waals surface area contributed by atoms with Gasteiger partial charge in [-0.05, 0) is 35.2 Å². The van der Waals surface area contributed by atoms with Crippen molar-refractivity contribution in [3.05, 3.63) is 26.3 Å². The molecule has 1 aromatic heterocycles. The highest BCUT2D eigenvalue weighted by Crippen LogP contribution is 2.35. The number of aliphatic carboxylic acids is 1. The number of halogens is 1. The summed E-state index contributed by atoms with van der Waals surface area (Å²) in [6.07, 6.45) is 2.18. The van der Waals surface area contributed by atoms with Crippen molar-refractivity contribution in [2.45, 2.75) is 19.8 Å². The van der Waals surface area contributed by atoms with Gasteiger partial charge in [-0.25, -0.2) is 4.98 Å². The Balaban J connectivity index is 2.21. The Morgan fingerprint density at radius 3 is 3.00 bits per heavy atom. The molecule has 1 fully saturated rings. The number of hydrogen-bond acceptors (Lipinski definition) is 5. The van der Waals surface area contributed by atoms with Crippen LogP contribution in [0.25, 0.3) is 0 Å². The van der Waals surface area contributed by atoms with Gasteiger partial charge in [0.2, 0.25) is 0 Å². The monoisotopic (exact) mass is 343 g/mol. The van der Waals surface area contributed by atoms with Crippen LogP contribution in [0, 0.1) is 23.0 Å². The molecule has 1 aromatic rings. The summed E-state index contributed by atoms with van der Waals surface area (Å²) in [5.74, 6) is -0.0681. The van der Waals surface area contributed by atoms with E-state index in [9.17, 15) is 14.9 Å². The number of anilines is 1. The molecule has 0 radical (unpaired) electrons. The van der Waals surface area contributed by atoms with E-state index < -0.39 is 10.9 Å². The third-order valence-corrected chi connectivity index (χ3v) is 4.41. The number of hydrogen-bond donors (Lipinski definition) is 1. The van der Waals surface area contributed by atoms with E-state index in [1.165, 1.54) is 6.20 Å². The number of carboxylic acids is 1. The van der Waals surface area contributed by atoms with E-state index in [2.05, 4.69) is 20.9 Å². The molecule has 0 saturated carbocycles. The lowest BCUT2D eigenvalue weighted by Crippen LogP contribution is -2.22. The number of carboxylic acid groups (broad SMARTS) is 1. The Labute approximate surface area is 123 Å². The molecule has 0 aliphatic carbocycles. The first kappa shape index (κ1) is 14.7. The van der Waals surface area contributed by atoms with E-state index in [-0.39, 0.29) is 18.0 Å². The zero-order valence-corrected chi connectivity index (χ0v) is 12.5. The molecule has 7 nitrogen and oxygen atoms in total. The third kappa shape index (κ3) is 2.90. The Morgan fingerprint density at radius 2 is 2.40 bits per heavy atom. The predicted octanol–water partition coefficient (Wildman–Crippen LogP) is 2.36. The lowest BCUT2D eigenvalue weighted by molar-refractivity contribution is -0.385. The van der Waals surface area contributed by atoms with E-state index in [1.54, 1.807) is 6.92 Å².